The van der Waals surface area contributed by atoms with Gasteiger partial charge in [0, 0.05) is 12.2 Å². The molecule has 1 aliphatic rings. The van der Waals surface area contributed by atoms with Gasteiger partial charge in [0.1, 0.15) is 5.82 Å². The lowest BCUT2D eigenvalue weighted by atomic mass is 9.87. The van der Waals surface area contributed by atoms with E-state index in [9.17, 15) is 0 Å². The molecule has 0 radical (unpaired) electrons. The predicted octanol–water partition coefficient (Wildman–Crippen LogP) is 2.05. The van der Waals surface area contributed by atoms with E-state index in [0.717, 1.165) is 5.92 Å². The Morgan fingerprint density at radius 2 is 2.07 bits per heavy atom. The molecule has 1 fully saturated rings. The Labute approximate surface area is 90.3 Å². The molecule has 0 aromatic carbocycles. The third-order valence-electron chi connectivity index (χ3n) is 3.03. The van der Waals surface area contributed by atoms with Gasteiger partial charge in [-0.25, -0.2) is 4.98 Å². The minimum absolute atomic E-state index is 0.517. The summed E-state index contributed by atoms with van der Waals surface area (Å²) in [5, 5.41) is 3.34. The molecule has 2 rings (SSSR count). The molecule has 82 valence electrons. The number of nitrogens with one attached hydrogen (secondary N) is 1. The second kappa shape index (κ2) is 4.47. The highest BCUT2D eigenvalue weighted by molar-refractivity contribution is 5.35. The van der Waals surface area contributed by atoms with Crippen molar-refractivity contribution in [3.05, 3.63) is 12.3 Å². The van der Waals surface area contributed by atoms with Crippen LogP contribution in [-0.4, -0.2) is 16.0 Å². The van der Waals surface area contributed by atoms with Crippen molar-refractivity contribution in [3.8, 4) is 0 Å². The zero-order valence-electron chi connectivity index (χ0n) is 9.11. The largest absolute Gasteiger partial charge is 0.384 e. The summed E-state index contributed by atoms with van der Waals surface area (Å²) in [5.74, 6) is 2.05. The number of rotatable bonds is 2. The molecule has 0 unspecified atom stereocenters. The maximum atomic E-state index is 5.59. The van der Waals surface area contributed by atoms with Crippen molar-refractivity contribution < 1.29 is 0 Å². The Hall–Kier alpha value is -1.32. The van der Waals surface area contributed by atoms with E-state index in [0.29, 0.717) is 17.8 Å². The number of hydrogen-bond donors (Lipinski definition) is 2. The maximum absolute atomic E-state index is 5.59. The van der Waals surface area contributed by atoms with Crippen molar-refractivity contribution in [1.82, 2.24) is 9.97 Å². The van der Waals surface area contributed by atoms with E-state index in [1.165, 1.54) is 25.7 Å². The van der Waals surface area contributed by atoms with Crippen LogP contribution in [0, 0.1) is 5.92 Å². The lowest BCUT2D eigenvalue weighted by Gasteiger charge is -2.26. The molecule has 0 aliphatic heterocycles. The minimum atomic E-state index is 0.517. The number of anilines is 2. The number of nitrogens with two attached hydrogens (primary N) is 1. The zero-order chi connectivity index (χ0) is 10.7. The molecule has 0 spiro atoms. The number of nitrogen functional groups attached to an aromatic ring is 1. The molecule has 0 bridgehead atoms. The van der Waals surface area contributed by atoms with Gasteiger partial charge in [-0.1, -0.05) is 6.92 Å². The minimum Gasteiger partial charge on any atom is -0.384 e. The van der Waals surface area contributed by atoms with Crippen LogP contribution in [0.4, 0.5) is 11.8 Å². The molecule has 15 heavy (non-hydrogen) atoms. The fraction of sp³-hybridized carbons (Fsp3) is 0.636. The van der Waals surface area contributed by atoms with E-state index >= 15 is 0 Å². The summed E-state index contributed by atoms with van der Waals surface area (Å²) in [7, 11) is 0. The van der Waals surface area contributed by atoms with Crippen molar-refractivity contribution in [2.45, 2.75) is 38.6 Å². The van der Waals surface area contributed by atoms with Crippen LogP contribution < -0.4 is 11.1 Å². The van der Waals surface area contributed by atoms with Crippen molar-refractivity contribution >= 4 is 11.8 Å². The van der Waals surface area contributed by atoms with Gasteiger partial charge in [-0.15, -0.1) is 0 Å². The summed E-state index contributed by atoms with van der Waals surface area (Å²) < 4.78 is 0. The normalized spacial score (nSPS) is 26.2. The van der Waals surface area contributed by atoms with Gasteiger partial charge in [0.25, 0.3) is 0 Å². The van der Waals surface area contributed by atoms with E-state index in [4.69, 9.17) is 5.73 Å². The fourth-order valence-corrected chi connectivity index (χ4v) is 2.03. The highest BCUT2D eigenvalue weighted by Gasteiger charge is 2.18. The second-order valence-corrected chi connectivity index (χ2v) is 4.41. The molecule has 0 amide bonds. The van der Waals surface area contributed by atoms with Crippen LogP contribution in [0.1, 0.15) is 32.6 Å². The van der Waals surface area contributed by atoms with E-state index in [1.54, 1.807) is 12.3 Å². The van der Waals surface area contributed by atoms with Crippen LogP contribution in [0.2, 0.25) is 0 Å². The highest BCUT2D eigenvalue weighted by Crippen LogP contribution is 2.25. The van der Waals surface area contributed by atoms with Crippen LogP contribution in [0.5, 0.6) is 0 Å². The first-order chi connectivity index (χ1) is 7.24. The zero-order valence-corrected chi connectivity index (χ0v) is 9.11. The maximum Gasteiger partial charge on any atom is 0.224 e. The summed E-state index contributed by atoms with van der Waals surface area (Å²) >= 11 is 0. The molecular weight excluding hydrogens is 188 g/mol. The smallest absolute Gasteiger partial charge is 0.224 e. The van der Waals surface area contributed by atoms with Crippen molar-refractivity contribution in [1.29, 1.82) is 0 Å². The molecule has 1 aromatic heterocycles. The summed E-state index contributed by atoms with van der Waals surface area (Å²) in [6.45, 7) is 2.31. The molecule has 1 aliphatic carbocycles. The van der Waals surface area contributed by atoms with E-state index in [-0.39, 0.29) is 0 Å². The van der Waals surface area contributed by atoms with Crippen LogP contribution in [0.15, 0.2) is 12.3 Å². The Kier molecular flexibility index (Phi) is 3.04. The summed E-state index contributed by atoms with van der Waals surface area (Å²) in [4.78, 5) is 8.29. The fourth-order valence-electron chi connectivity index (χ4n) is 2.03. The lowest BCUT2D eigenvalue weighted by molar-refractivity contribution is 0.360. The first-order valence-corrected chi connectivity index (χ1v) is 5.59. The van der Waals surface area contributed by atoms with Gasteiger partial charge in [0.2, 0.25) is 5.95 Å². The molecule has 4 nitrogen and oxygen atoms in total. The third kappa shape index (κ3) is 2.81. The van der Waals surface area contributed by atoms with Crippen LogP contribution >= 0.6 is 0 Å². The number of nitrogens with zero attached hydrogens (tertiary/aromatic N) is 2. The third-order valence-corrected chi connectivity index (χ3v) is 3.03. The molecule has 0 saturated heterocycles. The first kappa shape index (κ1) is 10.2. The molecule has 1 aromatic rings. The Balaban J connectivity index is 1.92. The molecule has 1 saturated carbocycles. The first-order valence-electron chi connectivity index (χ1n) is 5.59. The van der Waals surface area contributed by atoms with Crippen LogP contribution in [0.3, 0.4) is 0 Å². The monoisotopic (exact) mass is 206 g/mol. The predicted molar refractivity (Wildman–Crippen MR) is 61.5 cm³/mol. The number of aromatic nitrogens is 2. The summed E-state index contributed by atoms with van der Waals surface area (Å²) in [6, 6.07) is 2.22. The van der Waals surface area contributed by atoms with Crippen molar-refractivity contribution in [2.75, 3.05) is 11.1 Å². The van der Waals surface area contributed by atoms with E-state index < -0.39 is 0 Å². The number of hydrogen-bond acceptors (Lipinski definition) is 4. The van der Waals surface area contributed by atoms with Gasteiger partial charge >= 0.3 is 0 Å². The summed E-state index contributed by atoms with van der Waals surface area (Å²) in [6.07, 6.45) is 6.69. The quantitative estimate of drug-likeness (QED) is 0.777. The topological polar surface area (TPSA) is 63.8 Å². The molecule has 3 N–H and O–H groups in total. The van der Waals surface area contributed by atoms with Crippen molar-refractivity contribution in [3.63, 3.8) is 0 Å². The average molecular weight is 206 g/mol. The van der Waals surface area contributed by atoms with Gasteiger partial charge < -0.3 is 11.1 Å². The van der Waals surface area contributed by atoms with Gasteiger partial charge in [-0.3, -0.25) is 0 Å². The Morgan fingerprint density at radius 1 is 1.33 bits per heavy atom. The molecule has 1 heterocycles. The Morgan fingerprint density at radius 3 is 2.73 bits per heavy atom. The molecule has 4 heteroatoms. The van der Waals surface area contributed by atoms with E-state index in [2.05, 4.69) is 22.2 Å². The average Bonchev–Trinajstić information content (AvgIpc) is 2.22. The summed E-state index contributed by atoms with van der Waals surface area (Å²) in [5.41, 5.74) is 5.59. The van der Waals surface area contributed by atoms with Crippen LogP contribution in [-0.2, 0) is 0 Å². The lowest BCUT2D eigenvalue weighted by Crippen LogP contribution is -2.26. The SMILES string of the molecule is CC1CCC(Nc2nccc(N)n2)CC1. The van der Waals surface area contributed by atoms with Gasteiger partial charge in [-0.2, -0.15) is 4.98 Å². The second-order valence-electron chi connectivity index (χ2n) is 4.41. The molecule has 0 atom stereocenters. The van der Waals surface area contributed by atoms with Crippen molar-refractivity contribution in [2.24, 2.45) is 5.92 Å². The molecular formula is C11H18N4. The highest BCUT2D eigenvalue weighted by atomic mass is 15.1. The van der Waals surface area contributed by atoms with Gasteiger partial charge in [0.05, 0.1) is 0 Å². The Bertz CT molecular complexity index is 318. The van der Waals surface area contributed by atoms with Gasteiger partial charge in [-0.05, 0) is 37.7 Å². The van der Waals surface area contributed by atoms with E-state index in [1.807, 2.05) is 0 Å². The standard InChI is InChI=1S/C11H18N4/c1-8-2-4-9(5-3-8)14-11-13-7-6-10(12)15-11/h6-9H,2-5H2,1H3,(H3,12,13,14,15). The van der Waals surface area contributed by atoms with Gasteiger partial charge in [0.15, 0.2) is 0 Å². The van der Waals surface area contributed by atoms with Crippen LogP contribution in [0.25, 0.3) is 0 Å².